The highest BCUT2D eigenvalue weighted by atomic mass is 16.2. The van der Waals surface area contributed by atoms with Gasteiger partial charge in [-0.15, -0.1) is 0 Å². The van der Waals surface area contributed by atoms with E-state index in [0.717, 1.165) is 25.7 Å². The zero-order valence-corrected chi connectivity index (χ0v) is 35.1. The first kappa shape index (κ1) is 48.7. The predicted octanol–water partition coefficient (Wildman–Crippen LogP) is 3.75. The second-order valence-electron chi connectivity index (χ2n) is 16.0. The Balaban J connectivity index is 0.000000619. The molecule has 1 aromatic rings. The molecule has 0 radical (unpaired) electrons. The van der Waals surface area contributed by atoms with Gasteiger partial charge < -0.3 is 36.3 Å². The van der Waals surface area contributed by atoms with Gasteiger partial charge in [-0.2, -0.15) is 0 Å². The Bertz CT molecular complexity index is 1390. The van der Waals surface area contributed by atoms with Crippen LogP contribution in [-0.2, 0) is 28.8 Å². The summed E-state index contributed by atoms with van der Waals surface area (Å²) in [5.41, 5.74) is 0.380. The summed E-state index contributed by atoms with van der Waals surface area (Å²) in [5, 5.41) is 12.9. The number of hydrogen-bond acceptors (Lipinski definition) is 8. The highest BCUT2D eigenvalue weighted by Crippen LogP contribution is 2.29. The van der Waals surface area contributed by atoms with E-state index in [1.165, 1.54) is 43.9 Å². The van der Waals surface area contributed by atoms with Crippen molar-refractivity contribution in [1.82, 2.24) is 36.4 Å². The molecule has 55 heavy (non-hydrogen) atoms. The smallest absolute Gasteiger partial charge is 0.315 e. The van der Waals surface area contributed by atoms with E-state index in [2.05, 4.69) is 40.4 Å². The van der Waals surface area contributed by atoms with Gasteiger partial charge in [0.15, 0.2) is 0 Å². The van der Waals surface area contributed by atoms with E-state index in [9.17, 15) is 33.6 Å². The van der Waals surface area contributed by atoms with Crippen LogP contribution in [-0.4, -0.2) is 110 Å². The van der Waals surface area contributed by atoms with Gasteiger partial charge in [0.05, 0.1) is 24.7 Å². The summed E-state index contributed by atoms with van der Waals surface area (Å²) in [6, 6.07) is 5.73. The number of amides is 6. The minimum atomic E-state index is -1.04. The van der Waals surface area contributed by atoms with Crippen molar-refractivity contribution in [2.75, 3.05) is 34.2 Å². The molecular weight excluding hydrogens is 702 g/mol. The fourth-order valence-corrected chi connectivity index (χ4v) is 6.24. The molecule has 1 aromatic carbocycles. The Labute approximate surface area is 329 Å². The van der Waals surface area contributed by atoms with Crippen molar-refractivity contribution in [1.29, 1.82) is 0 Å². The molecule has 0 aromatic heterocycles. The lowest BCUT2D eigenvalue weighted by atomic mass is 9.82. The predicted molar refractivity (Wildman–Crippen MR) is 215 cm³/mol. The molecule has 2 fully saturated rings. The van der Waals surface area contributed by atoms with Crippen LogP contribution in [0.15, 0.2) is 30.3 Å². The first-order valence-corrected chi connectivity index (χ1v) is 19.7. The summed E-state index contributed by atoms with van der Waals surface area (Å²) in [6.07, 6.45) is 10.0. The third kappa shape index (κ3) is 16.9. The van der Waals surface area contributed by atoms with Crippen molar-refractivity contribution >= 4 is 41.7 Å². The molecular formula is C41H69N7O7. The van der Waals surface area contributed by atoms with Crippen molar-refractivity contribution in [3.63, 3.8) is 0 Å². The van der Waals surface area contributed by atoms with Crippen LogP contribution in [0.3, 0.4) is 0 Å². The number of likely N-dealkylation sites (N-methyl/N-ethyl adjacent to an activating group) is 2. The average Bonchev–Trinajstić information content (AvgIpc) is 3.85. The van der Waals surface area contributed by atoms with Gasteiger partial charge in [-0.3, -0.25) is 28.9 Å². The standard InChI is InChI=1S/C25H37N5O5.C11H22N2O2.C5H10/c1-15(2)18-12-13-30(6)21(18)23(33)27-16(3)22(32)24(34)26-14-19(31)28-20(25(35)29(4)5)17-10-8-7-9-11-17;1-6-11(4,5)9(7-14)13-10(15)12-8(2)3;1-2-4-5-3-1/h7-11,15-16,18,20-21H,12-14H2,1-6H3,(H,26,34)(H,27,33)(H,28,31);7-9H,6H2,1-5H3,(H2,12,13,15);1-5H2/t16?,18-,20?,21?;;/m1../s1. The number of likely N-dealkylation sites (tertiary alicyclic amines) is 1. The maximum absolute atomic E-state index is 12.8. The summed E-state index contributed by atoms with van der Waals surface area (Å²) < 4.78 is 0. The van der Waals surface area contributed by atoms with Crippen LogP contribution < -0.4 is 26.6 Å². The summed E-state index contributed by atoms with van der Waals surface area (Å²) >= 11 is 0. The molecule has 14 heteroatoms. The number of hydrogen-bond donors (Lipinski definition) is 5. The van der Waals surface area contributed by atoms with Crippen LogP contribution in [0.2, 0.25) is 0 Å². The minimum absolute atomic E-state index is 0.0713. The van der Waals surface area contributed by atoms with E-state index < -0.39 is 42.3 Å². The van der Waals surface area contributed by atoms with E-state index in [-0.39, 0.29) is 41.3 Å². The Hall–Kier alpha value is -4.33. The van der Waals surface area contributed by atoms with Crippen LogP contribution in [0.5, 0.6) is 0 Å². The number of nitrogens with one attached hydrogen (secondary N) is 5. The third-order valence-electron chi connectivity index (χ3n) is 10.2. The lowest BCUT2D eigenvalue weighted by molar-refractivity contribution is -0.141. The molecule has 6 amide bonds. The molecule has 1 saturated heterocycles. The van der Waals surface area contributed by atoms with Crippen LogP contribution in [0.25, 0.3) is 0 Å². The molecule has 0 spiro atoms. The monoisotopic (exact) mass is 772 g/mol. The molecule has 2 aliphatic rings. The SMILES string of the molecule is C1CCCC1.CC(NC(=O)C1[C@@H](C(C)C)CCN1C)C(=O)C(=O)NCC(=O)NC(C(=O)N(C)C)c1ccccc1.CCC(C)(C)C(C=O)NC(=O)NC(C)C. The number of carbonyl (C=O) groups is 7. The molecule has 14 nitrogen and oxygen atoms in total. The van der Waals surface area contributed by atoms with Crippen molar-refractivity contribution in [2.45, 2.75) is 131 Å². The van der Waals surface area contributed by atoms with Crippen LogP contribution >= 0.6 is 0 Å². The van der Waals surface area contributed by atoms with Gasteiger partial charge in [0.1, 0.15) is 12.3 Å². The normalized spacial score (nSPS) is 18.3. The highest BCUT2D eigenvalue weighted by Gasteiger charge is 2.40. The molecule has 1 aliphatic carbocycles. The van der Waals surface area contributed by atoms with E-state index in [0.29, 0.717) is 11.5 Å². The summed E-state index contributed by atoms with van der Waals surface area (Å²) in [4.78, 5) is 88.3. The number of rotatable bonds is 15. The number of Topliss-reactive ketones (excluding diaryl/α,β-unsaturated/α-hetero) is 1. The van der Waals surface area contributed by atoms with Gasteiger partial charge in [0, 0.05) is 20.1 Å². The first-order valence-electron chi connectivity index (χ1n) is 19.7. The topological polar surface area (TPSA) is 186 Å². The third-order valence-corrected chi connectivity index (χ3v) is 10.2. The largest absolute Gasteiger partial charge is 0.347 e. The van der Waals surface area contributed by atoms with Crippen molar-refractivity contribution in [2.24, 2.45) is 17.3 Å². The zero-order valence-electron chi connectivity index (χ0n) is 35.1. The maximum Gasteiger partial charge on any atom is 0.315 e. The molecule has 1 aliphatic heterocycles. The number of nitrogens with zero attached hydrogens (tertiary/aromatic N) is 2. The molecule has 3 rings (SSSR count). The van der Waals surface area contributed by atoms with Gasteiger partial charge in [-0.1, -0.05) is 97.1 Å². The van der Waals surface area contributed by atoms with Gasteiger partial charge in [0.25, 0.3) is 5.91 Å². The lowest BCUT2D eigenvalue weighted by Gasteiger charge is -2.30. The Morgan fingerprint density at radius 1 is 0.873 bits per heavy atom. The van der Waals surface area contributed by atoms with Crippen molar-refractivity contribution < 1.29 is 33.6 Å². The van der Waals surface area contributed by atoms with E-state index in [1.807, 2.05) is 46.6 Å². The quantitative estimate of drug-likeness (QED) is 0.132. The first-order chi connectivity index (χ1) is 25.8. The second-order valence-corrected chi connectivity index (χ2v) is 16.0. The molecule has 310 valence electrons. The zero-order chi connectivity index (χ0) is 41.9. The van der Waals surface area contributed by atoms with Crippen molar-refractivity contribution in [3.8, 4) is 0 Å². The second kappa shape index (κ2) is 24.2. The molecule has 5 atom stereocenters. The molecule has 4 unspecified atom stereocenters. The van der Waals surface area contributed by atoms with Crippen molar-refractivity contribution in [3.05, 3.63) is 35.9 Å². The number of benzene rings is 1. The molecule has 1 saturated carbocycles. The van der Waals surface area contributed by atoms with E-state index in [1.54, 1.807) is 44.4 Å². The van der Waals surface area contributed by atoms with E-state index >= 15 is 0 Å². The summed E-state index contributed by atoms with van der Waals surface area (Å²) in [5.74, 6) is -2.60. The van der Waals surface area contributed by atoms with Gasteiger partial charge in [0.2, 0.25) is 23.5 Å². The number of aldehydes is 1. The number of carbonyl (C=O) groups excluding carboxylic acids is 7. The Morgan fingerprint density at radius 3 is 1.91 bits per heavy atom. The summed E-state index contributed by atoms with van der Waals surface area (Å²) in [7, 11) is 5.02. The fraction of sp³-hybridized carbons (Fsp3) is 0.683. The average molecular weight is 772 g/mol. The number of urea groups is 1. The number of ketones is 1. The summed E-state index contributed by atoms with van der Waals surface area (Å²) in [6.45, 7) is 15.5. The fourth-order valence-electron chi connectivity index (χ4n) is 6.24. The molecule has 1 heterocycles. The van der Waals surface area contributed by atoms with Crippen LogP contribution in [0, 0.1) is 17.3 Å². The molecule has 0 bridgehead atoms. The Kier molecular flexibility index (Phi) is 21.5. The van der Waals surface area contributed by atoms with Crippen LogP contribution in [0.1, 0.15) is 112 Å². The van der Waals surface area contributed by atoms with E-state index in [4.69, 9.17) is 0 Å². The lowest BCUT2D eigenvalue weighted by Crippen LogP contribution is -2.53. The maximum atomic E-state index is 12.8. The minimum Gasteiger partial charge on any atom is -0.347 e. The highest BCUT2D eigenvalue weighted by molar-refractivity contribution is 6.38. The van der Waals surface area contributed by atoms with Gasteiger partial charge in [-0.25, -0.2) is 4.79 Å². The molecule has 5 N–H and O–H groups in total. The van der Waals surface area contributed by atoms with Gasteiger partial charge in [-0.05, 0) is 70.0 Å². The van der Waals surface area contributed by atoms with Crippen LogP contribution in [0.4, 0.5) is 4.79 Å². The Morgan fingerprint density at radius 2 is 1.44 bits per heavy atom. The van der Waals surface area contributed by atoms with Gasteiger partial charge >= 0.3 is 6.03 Å².